The maximum absolute atomic E-state index is 4.78. The van der Waals surface area contributed by atoms with Crippen LogP contribution in [0.4, 0.5) is 0 Å². The first-order chi connectivity index (χ1) is 8.70. The second-order valence-corrected chi connectivity index (χ2v) is 5.80. The molecule has 1 aromatic carbocycles. The molecule has 0 saturated heterocycles. The van der Waals surface area contributed by atoms with E-state index < -0.39 is 0 Å². The van der Waals surface area contributed by atoms with Crippen LogP contribution >= 0.6 is 11.3 Å². The number of hydrogen-bond donors (Lipinski definition) is 1. The number of thiazole rings is 1. The van der Waals surface area contributed by atoms with Crippen molar-refractivity contribution in [2.45, 2.75) is 39.8 Å². The Balaban J connectivity index is 2.25. The van der Waals surface area contributed by atoms with Gasteiger partial charge in [-0.3, -0.25) is 0 Å². The van der Waals surface area contributed by atoms with Crippen molar-refractivity contribution in [2.75, 3.05) is 0 Å². The number of aromatic nitrogens is 1. The van der Waals surface area contributed by atoms with Crippen molar-refractivity contribution >= 4 is 11.3 Å². The number of nitrogens with zero attached hydrogens (tertiary/aromatic N) is 1. The van der Waals surface area contributed by atoms with E-state index in [1.165, 1.54) is 15.4 Å². The van der Waals surface area contributed by atoms with Crippen LogP contribution in [-0.2, 0) is 13.0 Å². The van der Waals surface area contributed by atoms with Gasteiger partial charge in [0.25, 0.3) is 0 Å². The highest BCUT2D eigenvalue weighted by molar-refractivity contribution is 7.12. The Bertz CT molecular complexity index is 488. The summed E-state index contributed by atoms with van der Waals surface area (Å²) in [6, 6.07) is 10.9. The SMILES string of the molecule is CCc1sc(CNC(C)C)nc1-c1ccccc1. The van der Waals surface area contributed by atoms with Gasteiger partial charge in [-0.05, 0) is 6.42 Å². The summed E-state index contributed by atoms with van der Waals surface area (Å²) in [6.07, 6.45) is 1.05. The Morgan fingerprint density at radius 1 is 1.22 bits per heavy atom. The standard InChI is InChI=1S/C15H20N2S/c1-4-13-15(12-8-6-5-7-9-12)17-14(18-13)10-16-11(2)3/h5-9,11,16H,4,10H2,1-3H3. The minimum atomic E-state index is 0.499. The van der Waals surface area contributed by atoms with Crippen LogP contribution in [0, 0.1) is 0 Å². The van der Waals surface area contributed by atoms with E-state index in [1.54, 1.807) is 0 Å². The maximum atomic E-state index is 4.78. The molecule has 0 aliphatic heterocycles. The molecule has 0 unspecified atom stereocenters. The van der Waals surface area contributed by atoms with Crippen molar-refractivity contribution in [2.24, 2.45) is 0 Å². The summed E-state index contributed by atoms with van der Waals surface area (Å²) in [4.78, 5) is 6.16. The number of hydrogen-bond acceptors (Lipinski definition) is 3. The van der Waals surface area contributed by atoms with Gasteiger partial charge in [-0.25, -0.2) is 4.98 Å². The Labute approximate surface area is 113 Å². The molecule has 96 valence electrons. The van der Waals surface area contributed by atoms with Crippen molar-refractivity contribution in [3.8, 4) is 11.3 Å². The number of rotatable bonds is 5. The van der Waals surface area contributed by atoms with Crippen molar-refractivity contribution in [3.05, 3.63) is 40.2 Å². The molecule has 2 aromatic rings. The molecule has 0 saturated carbocycles. The van der Waals surface area contributed by atoms with Crippen LogP contribution < -0.4 is 5.32 Å². The zero-order valence-electron chi connectivity index (χ0n) is 11.2. The lowest BCUT2D eigenvalue weighted by molar-refractivity contribution is 0.587. The van der Waals surface area contributed by atoms with Gasteiger partial charge in [0.05, 0.1) is 5.69 Å². The fourth-order valence-corrected chi connectivity index (χ4v) is 2.81. The highest BCUT2D eigenvalue weighted by Crippen LogP contribution is 2.28. The molecule has 1 aromatic heterocycles. The fourth-order valence-electron chi connectivity index (χ4n) is 1.83. The molecule has 3 heteroatoms. The second-order valence-electron chi connectivity index (χ2n) is 4.63. The van der Waals surface area contributed by atoms with Gasteiger partial charge >= 0.3 is 0 Å². The van der Waals surface area contributed by atoms with E-state index in [1.807, 2.05) is 17.4 Å². The van der Waals surface area contributed by atoms with Crippen molar-refractivity contribution < 1.29 is 0 Å². The Kier molecular flexibility index (Phi) is 4.50. The lowest BCUT2D eigenvalue weighted by atomic mass is 10.1. The van der Waals surface area contributed by atoms with Crippen LogP contribution in [0.2, 0.25) is 0 Å². The normalized spacial score (nSPS) is 11.1. The molecule has 0 aliphatic rings. The number of nitrogens with one attached hydrogen (secondary N) is 1. The number of aryl methyl sites for hydroxylation is 1. The van der Waals surface area contributed by atoms with E-state index >= 15 is 0 Å². The highest BCUT2D eigenvalue weighted by atomic mass is 32.1. The summed E-state index contributed by atoms with van der Waals surface area (Å²) in [5.74, 6) is 0. The molecule has 0 amide bonds. The van der Waals surface area contributed by atoms with Gasteiger partial charge in [0.15, 0.2) is 0 Å². The van der Waals surface area contributed by atoms with Gasteiger partial charge in [-0.15, -0.1) is 11.3 Å². The average Bonchev–Trinajstić information content (AvgIpc) is 2.80. The van der Waals surface area contributed by atoms with Crippen LogP contribution in [0.25, 0.3) is 11.3 Å². The zero-order chi connectivity index (χ0) is 13.0. The topological polar surface area (TPSA) is 24.9 Å². The molecule has 18 heavy (non-hydrogen) atoms. The minimum Gasteiger partial charge on any atom is -0.308 e. The number of benzene rings is 1. The third kappa shape index (κ3) is 3.18. The zero-order valence-corrected chi connectivity index (χ0v) is 12.1. The van der Waals surface area contributed by atoms with Gasteiger partial charge in [-0.1, -0.05) is 51.1 Å². The van der Waals surface area contributed by atoms with Crippen LogP contribution in [0.5, 0.6) is 0 Å². The van der Waals surface area contributed by atoms with Gasteiger partial charge in [0, 0.05) is 23.0 Å². The molecule has 0 atom stereocenters. The van der Waals surface area contributed by atoms with Crippen LogP contribution in [0.1, 0.15) is 30.7 Å². The third-order valence-electron chi connectivity index (χ3n) is 2.77. The lowest BCUT2D eigenvalue weighted by Gasteiger charge is -2.04. The molecule has 0 radical (unpaired) electrons. The van der Waals surface area contributed by atoms with E-state index in [-0.39, 0.29) is 0 Å². The van der Waals surface area contributed by atoms with Gasteiger partial charge < -0.3 is 5.32 Å². The van der Waals surface area contributed by atoms with Crippen molar-refractivity contribution in [3.63, 3.8) is 0 Å². The molecule has 1 N–H and O–H groups in total. The van der Waals surface area contributed by atoms with E-state index in [0.29, 0.717) is 6.04 Å². The first-order valence-electron chi connectivity index (χ1n) is 6.48. The molecular formula is C15H20N2S. The van der Waals surface area contributed by atoms with Crippen molar-refractivity contribution in [1.82, 2.24) is 10.3 Å². The first kappa shape index (κ1) is 13.2. The molecule has 0 fully saturated rings. The summed E-state index contributed by atoms with van der Waals surface area (Å²) < 4.78 is 0. The van der Waals surface area contributed by atoms with Gasteiger partial charge in [0.1, 0.15) is 5.01 Å². The summed E-state index contributed by atoms with van der Waals surface area (Å²) in [7, 11) is 0. The minimum absolute atomic E-state index is 0.499. The Hall–Kier alpha value is -1.19. The third-order valence-corrected chi connectivity index (χ3v) is 3.97. The monoisotopic (exact) mass is 260 g/mol. The van der Waals surface area contributed by atoms with Crippen LogP contribution in [0.15, 0.2) is 30.3 Å². The molecule has 2 rings (SSSR count). The molecular weight excluding hydrogens is 240 g/mol. The quantitative estimate of drug-likeness (QED) is 0.882. The van der Waals surface area contributed by atoms with Gasteiger partial charge in [-0.2, -0.15) is 0 Å². The van der Waals surface area contributed by atoms with E-state index in [2.05, 4.69) is 50.4 Å². The average molecular weight is 260 g/mol. The van der Waals surface area contributed by atoms with E-state index in [4.69, 9.17) is 4.98 Å². The Morgan fingerprint density at radius 3 is 2.56 bits per heavy atom. The molecule has 0 spiro atoms. The highest BCUT2D eigenvalue weighted by Gasteiger charge is 2.11. The Morgan fingerprint density at radius 2 is 1.94 bits per heavy atom. The molecule has 0 aliphatic carbocycles. The predicted molar refractivity (Wildman–Crippen MR) is 78.9 cm³/mol. The van der Waals surface area contributed by atoms with Crippen molar-refractivity contribution in [1.29, 1.82) is 0 Å². The van der Waals surface area contributed by atoms with Gasteiger partial charge in [0.2, 0.25) is 0 Å². The summed E-state index contributed by atoms with van der Waals surface area (Å²) in [5.41, 5.74) is 2.38. The maximum Gasteiger partial charge on any atom is 0.107 e. The first-order valence-corrected chi connectivity index (χ1v) is 7.29. The summed E-state index contributed by atoms with van der Waals surface area (Å²) in [5, 5.41) is 4.61. The smallest absolute Gasteiger partial charge is 0.107 e. The summed E-state index contributed by atoms with van der Waals surface area (Å²) in [6.45, 7) is 7.38. The molecule has 1 heterocycles. The van der Waals surface area contributed by atoms with E-state index in [9.17, 15) is 0 Å². The molecule has 2 nitrogen and oxygen atoms in total. The van der Waals surface area contributed by atoms with Crippen LogP contribution in [-0.4, -0.2) is 11.0 Å². The summed E-state index contributed by atoms with van der Waals surface area (Å²) >= 11 is 1.82. The molecule has 0 bridgehead atoms. The second kappa shape index (κ2) is 6.12. The van der Waals surface area contributed by atoms with E-state index in [0.717, 1.165) is 18.7 Å². The predicted octanol–water partition coefficient (Wildman–Crippen LogP) is 3.87. The van der Waals surface area contributed by atoms with Crippen LogP contribution in [0.3, 0.4) is 0 Å². The lowest BCUT2D eigenvalue weighted by Crippen LogP contribution is -2.21. The fraction of sp³-hybridized carbons (Fsp3) is 0.400. The largest absolute Gasteiger partial charge is 0.308 e.